The zero-order valence-corrected chi connectivity index (χ0v) is 16.9. The lowest BCUT2D eigenvalue weighted by Crippen LogP contribution is -2.62. The van der Waals surface area contributed by atoms with Crippen LogP contribution in [0.5, 0.6) is 0 Å². The van der Waals surface area contributed by atoms with E-state index in [2.05, 4.69) is 35.1 Å². The third-order valence-corrected chi connectivity index (χ3v) is 3.40. The maximum absolute atomic E-state index is 12.5. The van der Waals surface area contributed by atoms with Gasteiger partial charge < -0.3 is 29.6 Å². The third-order valence-electron chi connectivity index (χ3n) is 3.40. The maximum Gasteiger partial charge on any atom is 0.330 e. The summed E-state index contributed by atoms with van der Waals surface area (Å²) in [5.41, 5.74) is -2.65. The summed E-state index contributed by atoms with van der Waals surface area (Å²) in [6.07, 6.45) is 2.79. The predicted octanol–water partition coefficient (Wildman–Crippen LogP) is 0.164. The van der Waals surface area contributed by atoms with Crippen molar-refractivity contribution in [3.8, 4) is 0 Å². The Morgan fingerprint density at radius 1 is 0.733 bits per heavy atom. The molecule has 0 aliphatic carbocycles. The summed E-state index contributed by atoms with van der Waals surface area (Å²) in [6.45, 7) is 11.5. The third kappa shape index (κ3) is 10.6. The van der Waals surface area contributed by atoms with Crippen LogP contribution in [-0.2, 0) is 38.1 Å². The molecule has 0 aliphatic rings. The number of hydrogen-bond acceptors (Lipinski definition) is 9. The molecule has 0 aromatic heterocycles. The molecule has 166 valence electrons. The summed E-state index contributed by atoms with van der Waals surface area (Å²) in [4.78, 5) is 57.1. The average Bonchev–Trinajstić information content (AvgIpc) is 2.72. The van der Waals surface area contributed by atoms with E-state index in [-0.39, 0.29) is 32.9 Å². The van der Waals surface area contributed by atoms with Crippen molar-refractivity contribution >= 4 is 30.4 Å². The first-order chi connectivity index (χ1) is 14.0. The van der Waals surface area contributed by atoms with Gasteiger partial charge >= 0.3 is 23.9 Å². The molecule has 0 aromatic rings. The minimum Gasteiger partial charge on any atom is -0.465 e. The van der Waals surface area contributed by atoms with Crippen LogP contribution in [0, 0.1) is 0 Å². The minimum absolute atomic E-state index is 0.167. The van der Waals surface area contributed by atoms with Crippen molar-refractivity contribution in [2.75, 3.05) is 26.4 Å². The predicted molar refractivity (Wildman–Crippen MR) is 104 cm³/mol. The molecular weight excluding hydrogens is 400 g/mol. The number of hydrogen-bond donors (Lipinski definition) is 2. The number of amides is 2. The van der Waals surface area contributed by atoms with E-state index in [0.29, 0.717) is 0 Å². The maximum atomic E-state index is 12.5. The van der Waals surface area contributed by atoms with Crippen LogP contribution in [0.25, 0.3) is 0 Å². The summed E-state index contributed by atoms with van der Waals surface area (Å²) in [5, 5.41) is 5.01. The lowest BCUT2D eigenvalue weighted by Gasteiger charge is -2.33. The molecule has 11 nitrogen and oxygen atoms in total. The van der Waals surface area contributed by atoms with Gasteiger partial charge in [0.1, 0.15) is 37.5 Å². The summed E-state index contributed by atoms with van der Waals surface area (Å²) in [6, 6.07) is -0.812. The van der Waals surface area contributed by atoms with Gasteiger partial charge in [-0.15, -0.1) is 0 Å². The van der Waals surface area contributed by atoms with Crippen molar-refractivity contribution in [3.05, 3.63) is 38.0 Å². The quantitative estimate of drug-likeness (QED) is 0.172. The van der Waals surface area contributed by atoms with Crippen molar-refractivity contribution in [1.29, 1.82) is 0 Å². The van der Waals surface area contributed by atoms with Gasteiger partial charge in [-0.05, 0) is 13.8 Å². The average molecular weight is 426 g/mol. The summed E-state index contributed by atoms with van der Waals surface area (Å²) < 4.78 is 19.5. The topological polar surface area (TPSA) is 146 Å². The van der Waals surface area contributed by atoms with Gasteiger partial charge in [-0.1, -0.05) is 19.7 Å². The van der Waals surface area contributed by atoms with Gasteiger partial charge in [0, 0.05) is 18.2 Å². The Hall–Kier alpha value is -3.63. The first-order valence-corrected chi connectivity index (χ1v) is 8.56. The lowest BCUT2D eigenvalue weighted by atomic mass is 10.0. The standard InChI is InChI=1S/C19H26N2O9/c1-6-14(23)28-10-18(4,9-27-13-22)20-17(26)21-19(5,11-29-15(24)7-2)12-30-16(25)8-3/h6-8,13H,1-3,9-12H2,4-5H3,(H2,20,21,26). The zero-order valence-electron chi connectivity index (χ0n) is 16.9. The molecule has 1 unspecified atom stereocenters. The van der Waals surface area contributed by atoms with Crippen molar-refractivity contribution < 1.29 is 42.9 Å². The fourth-order valence-corrected chi connectivity index (χ4v) is 1.89. The van der Waals surface area contributed by atoms with Gasteiger partial charge in [0.15, 0.2) is 0 Å². The molecule has 0 fully saturated rings. The smallest absolute Gasteiger partial charge is 0.330 e. The molecule has 0 saturated heterocycles. The van der Waals surface area contributed by atoms with Crippen LogP contribution in [0.15, 0.2) is 38.0 Å². The second-order valence-electron chi connectivity index (χ2n) is 6.54. The van der Waals surface area contributed by atoms with Crippen molar-refractivity contribution in [3.63, 3.8) is 0 Å². The molecule has 0 bridgehead atoms. The van der Waals surface area contributed by atoms with Crippen LogP contribution in [0.1, 0.15) is 13.8 Å². The van der Waals surface area contributed by atoms with E-state index in [9.17, 15) is 24.0 Å². The number of rotatable bonds is 14. The van der Waals surface area contributed by atoms with E-state index in [1.807, 2.05) is 0 Å². The molecule has 0 aromatic carbocycles. The highest BCUT2D eigenvalue weighted by atomic mass is 16.6. The normalized spacial score (nSPS) is 12.2. The van der Waals surface area contributed by atoms with Crippen molar-refractivity contribution in [2.24, 2.45) is 0 Å². The Morgan fingerprint density at radius 3 is 1.37 bits per heavy atom. The summed E-state index contributed by atoms with van der Waals surface area (Å²) in [5.74, 6) is -2.25. The van der Waals surface area contributed by atoms with E-state index < -0.39 is 35.0 Å². The summed E-state index contributed by atoms with van der Waals surface area (Å²) in [7, 11) is 0. The number of carbonyl (C=O) groups excluding carboxylic acids is 5. The molecule has 2 N–H and O–H groups in total. The van der Waals surface area contributed by atoms with Gasteiger partial charge in [0.2, 0.25) is 0 Å². The molecule has 0 aliphatic heterocycles. The molecule has 0 rings (SSSR count). The number of esters is 3. The van der Waals surface area contributed by atoms with Crippen LogP contribution in [0.2, 0.25) is 0 Å². The highest BCUT2D eigenvalue weighted by Gasteiger charge is 2.34. The van der Waals surface area contributed by atoms with E-state index >= 15 is 0 Å². The molecule has 0 radical (unpaired) electrons. The molecule has 2 amide bonds. The van der Waals surface area contributed by atoms with Crippen LogP contribution in [0.4, 0.5) is 4.79 Å². The number of urea groups is 1. The second kappa shape index (κ2) is 12.8. The molecule has 30 heavy (non-hydrogen) atoms. The highest BCUT2D eigenvalue weighted by Crippen LogP contribution is 2.10. The molecule has 11 heteroatoms. The molecule has 0 heterocycles. The fourth-order valence-electron chi connectivity index (χ4n) is 1.89. The molecular formula is C19H26N2O9. The van der Waals surface area contributed by atoms with Gasteiger partial charge in [-0.2, -0.15) is 0 Å². The van der Waals surface area contributed by atoms with Crippen LogP contribution >= 0.6 is 0 Å². The van der Waals surface area contributed by atoms with Crippen LogP contribution < -0.4 is 10.6 Å². The Bertz CT molecular complexity index is 665. The van der Waals surface area contributed by atoms with Crippen LogP contribution in [0.3, 0.4) is 0 Å². The monoisotopic (exact) mass is 426 g/mol. The van der Waals surface area contributed by atoms with Gasteiger partial charge in [0.25, 0.3) is 6.47 Å². The second-order valence-corrected chi connectivity index (χ2v) is 6.54. The minimum atomic E-state index is -1.34. The summed E-state index contributed by atoms with van der Waals surface area (Å²) >= 11 is 0. The van der Waals surface area contributed by atoms with E-state index in [0.717, 1.165) is 18.2 Å². The van der Waals surface area contributed by atoms with Crippen LogP contribution in [-0.4, -0.2) is 67.9 Å². The Kier molecular flexibility index (Phi) is 11.2. The molecule has 0 spiro atoms. The zero-order chi connectivity index (χ0) is 23.2. The van der Waals surface area contributed by atoms with Gasteiger partial charge in [0.05, 0.1) is 0 Å². The SMILES string of the molecule is C=CC(=O)OCC(C)(COC=O)NC(=O)NC(C)(COC(=O)C=C)COC(=O)C=C. The van der Waals surface area contributed by atoms with Crippen molar-refractivity contribution in [2.45, 2.75) is 24.9 Å². The number of ether oxygens (including phenoxy) is 4. The first kappa shape index (κ1) is 26.4. The Morgan fingerprint density at radius 2 is 1.07 bits per heavy atom. The first-order valence-electron chi connectivity index (χ1n) is 8.56. The Balaban J connectivity index is 5.29. The number of carbonyl (C=O) groups is 5. The largest absolute Gasteiger partial charge is 0.465 e. The van der Waals surface area contributed by atoms with E-state index in [1.54, 1.807) is 0 Å². The van der Waals surface area contributed by atoms with E-state index in [4.69, 9.17) is 14.2 Å². The number of nitrogens with one attached hydrogen (secondary N) is 2. The fraction of sp³-hybridized carbons (Fsp3) is 0.421. The molecule has 0 saturated carbocycles. The lowest BCUT2D eigenvalue weighted by molar-refractivity contribution is -0.144. The van der Waals surface area contributed by atoms with Gasteiger partial charge in [-0.3, -0.25) is 4.79 Å². The van der Waals surface area contributed by atoms with Gasteiger partial charge in [-0.25, -0.2) is 19.2 Å². The van der Waals surface area contributed by atoms with E-state index in [1.165, 1.54) is 13.8 Å². The Labute approximate surface area is 174 Å². The highest BCUT2D eigenvalue weighted by molar-refractivity contribution is 5.82. The van der Waals surface area contributed by atoms with Crippen molar-refractivity contribution in [1.82, 2.24) is 10.6 Å². The molecule has 1 atom stereocenters.